The largest absolute Gasteiger partial charge is 0.482 e. The molecule has 1 aliphatic heterocycles. The Labute approximate surface area is 159 Å². The first kappa shape index (κ1) is 18.2. The van der Waals surface area contributed by atoms with E-state index in [0.717, 1.165) is 10.0 Å². The van der Waals surface area contributed by atoms with Crippen LogP contribution >= 0.6 is 15.9 Å². The van der Waals surface area contributed by atoms with Crippen LogP contribution in [0.2, 0.25) is 0 Å². The molecule has 0 fully saturated rings. The predicted molar refractivity (Wildman–Crippen MR) is 100 cm³/mol. The average molecular weight is 417 g/mol. The maximum absolute atomic E-state index is 12.4. The maximum Gasteiger partial charge on any atom is 0.344 e. The maximum atomic E-state index is 12.4. The third-order valence-electron chi connectivity index (χ3n) is 3.53. The van der Waals surface area contributed by atoms with Gasteiger partial charge in [-0.3, -0.25) is 4.79 Å². The first-order valence-electron chi connectivity index (χ1n) is 8.08. The van der Waals surface area contributed by atoms with Crippen molar-refractivity contribution in [2.45, 2.75) is 20.0 Å². The smallest absolute Gasteiger partial charge is 0.344 e. The van der Waals surface area contributed by atoms with Crippen molar-refractivity contribution in [3.8, 4) is 11.5 Å². The molecule has 0 bridgehead atoms. The molecule has 6 heteroatoms. The summed E-state index contributed by atoms with van der Waals surface area (Å²) in [5.74, 6) is 0.455. The zero-order valence-electron chi connectivity index (χ0n) is 14.3. The third kappa shape index (κ3) is 4.32. The number of carbonyl (C=O) groups is 2. The molecule has 0 unspecified atom stereocenters. The number of carbonyl (C=O) groups excluding carboxylic acids is 2. The van der Waals surface area contributed by atoms with Crippen LogP contribution in [0.3, 0.4) is 0 Å². The van der Waals surface area contributed by atoms with E-state index < -0.39 is 5.97 Å². The Morgan fingerprint density at radius 2 is 1.92 bits per heavy atom. The number of halogens is 1. The van der Waals surface area contributed by atoms with E-state index >= 15 is 0 Å². The van der Waals surface area contributed by atoms with Gasteiger partial charge in [0, 0.05) is 10.5 Å². The molecule has 0 saturated heterocycles. The van der Waals surface area contributed by atoms with Crippen molar-refractivity contribution in [3.63, 3.8) is 0 Å². The first-order valence-corrected chi connectivity index (χ1v) is 8.88. The lowest BCUT2D eigenvalue weighted by Crippen LogP contribution is -2.18. The Hall–Kier alpha value is -2.60. The zero-order valence-corrected chi connectivity index (χ0v) is 15.9. The highest BCUT2D eigenvalue weighted by Gasteiger charge is 2.27. The van der Waals surface area contributed by atoms with Crippen LogP contribution in [0.1, 0.15) is 29.8 Å². The van der Waals surface area contributed by atoms with E-state index in [1.807, 2.05) is 24.3 Å². The van der Waals surface area contributed by atoms with E-state index in [1.54, 1.807) is 38.1 Å². The quantitative estimate of drug-likeness (QED) is 0.533. The van der Waals surface area contributed by atoms with E-state index in [9.17, 15) is 9.59 Å². The fourth-order valence-electron chi connectivity index (χ4n) is 2.41. The molecule has 0 aromatic heterocycles. The van der Waals surface area contributed by atoms with Crippen molar-refractivity contribution in [1.29, 1.82) is 0 Å². The van der Waals surface area contributed by atoms with Crippen molar-refractivity contribution in [3.05, 3.63) is 63.8 Å². The van der Waals surface area contributed by atoms with Crippen LogP contribution in [0.5, 0.6) is 11.5 Å². The Kier molecular flexibility index (Phi) is 5.42. The second-order valence-electron chi connectivity index (χ2n) is 5.98. The van der Waals surface area contributed by atoms with Gasteiger partial charge in [0.2, 0.25) is 5.78 Å². The van der Waals surface area contributed by atoms with Crippen LogP contribution in [0.25, 0.3) is 6.08 Å². The standard InChI is InChI=1S/C20H17BrO5/c1-12(2)25-19(22)11-24-15-7-8-16-17(10-15)26-18(20(16)23)9-13-3-5-14(21)6-4-13/h3-10,12H,11H2,1-2H3. The molecular weight excluding hydrogens is 400 g/mol. The van der Waals surface area contributed by atoms with Crippen molar-refractivity contribution < 1.29 is 23.8 Å². The fourth-order valence-corrected chi connectivity index (χ4v) is 2.67. The molecule has 2 aromatic carbocycles. The molecule has 0 aliphatic carbocycles. The van der Waals surface area contributed by atoms with Gasteiger partial charge in [-0.05, 0) is 49.8 Å². The summed E-state index contributed by atoms with van der Waals surface area (Å²) in [6.45, 7) is 3.34. The predicted octanol–water partition coefficient (Wildman–Crippen LogP) is 4.40. The Morgan fingerprint density at radius 1 is 1.19 bits per heavy atom. The lowest BCUT2D eigenvalue weighted by Gasteiger charge is -2.09. The van der Waals surface area contributed by atoms with Crippen LogP contribution in [-0.4, -0.2) is 24.5 Å². The fraction of sp³-hybridized carbons (Fsp3) is 0.200. The first-order chi connectivity index (χ1) is 12.4. The van der Waals surface area contributed by atoms with Gasteiger partial charge in [-0.25, -0.2) is 4.79 Å². The molecule has 0 N–H and O–H groups in total. The number of rotatable bonds is 5. The number of hydrogen-bond acceptors (Lipinski definition) is 5. The molecule has 5 nitrogen and oxygen atoms in total. The molecule has 134 valence electrons. The lowest BCUT2D eigenvalue weighted by atomic mass is 10.1. The second-order valence-corrected chi connectivity index (χ2v) is 6.89. The molecular formula is C20H17BrO5. The number of allylic oxidation sites excluding steroid dienone is 1. The van der Waals surface area contributed by atoms with Crippen molar-refractivity contribution in [1.82, 2.24) is 0 Å². The second kappa shape index (κ2) is 7.74. The van der Waals surface area contributed by atoms with E-state index in [0.29, 0.717) is 17.1 Å². The molecule has 26 heavy (non-hydrogen) atoms. The molecule has 0 spiro atoms. The monoisotopic (exact) mass is 416 g/mol. The van der Waals surface area contributed by atoms with Gasteiger partial charge in [0.1, 0.15) is 11.5 Å². The Morgan fingerprint density at radius 3 is 2.62 bits per heavy atom. The highest BCUT2D eigenvalue weighted by molar-refractivity contribution is 9.10. The van der Waals surface area contributed by atoms with E-state index in [2.05, 4.69) is 15.9 Å². The Balaban J connectivity index is 1.72. The minimum absolute atomic E-state index is 0.186. The lowest BCUT2D eigenvalue weighted by molar-refractivity contribution is -0.149. The van der Waals surface area contributed by atoms with Gasteiger partial charge in [0.05, 0.1) is 11.7 Å². The van der Waals surface area contributed by atoms with Crippen LogP contribution in [-0.2, 0) is 9.53 Å². The summed E-state index contributed by atoms with van der Waals surface area (Å²) in [7, 11) is 0. The van der Waals surface area contributed by atoms with E-state index in [4.69, 9.17) is 14.2 Å². The summed E-state index contributed by atoms with van der Waals surface area (Å²) in [5.41, 5.74) is 1.32. The van der Waals surface area contributed by atoms with Crippen molar-refractivity contribution >= 4 is 33.8 Å². The summed E-state index contributed by atoms with van der Waals surface area (Å²) in [6.07, 6.45) is 1.49. The molecule has 0 radical (unpaired) electrons. The SMILES string of the molecule is CC(C)OC(=O)COc1ccc2c(c1)OC(=Cc1ccc(Br)cc1)C2=O. The zero-order chi connectivity index (χ0) is 18.7. The van der Waals surface area contributed by atoms with Crippen LogP contribution in [0.15, 0.2) is 52.7 Å². The highest BCUT2D eigenvalue weighted by atomic mass is 79.9. The van der Waals surface area contributed by atoms with Gasteiger partial charge in [-0.2, -0.15) is 0 Å². The normalized spacial score (nSPS) is 14.3. The number of benzene rings is 2. The molecule has 3 rings (SSSR count). The van der Waals surface area contributed by atoms with Crippen LogP contribution in [0.4, 0.5) is 0 Å². The van der Waals surface area contributed by atoms with Crippen LogP contribution < -0.4 is 9.47 Å². The number of esters is 1. The summed E-state index contributed by atoms with van der Waals surface area (Å²) < 4.78 is 17.0. The average Bonchev–Trinajstić information content (AvgIpc) is 2.90. The van der Waals surface area contributed by atoms with Crippen LogP contribution in [0, 0.1) is 0 Å². The number of ketones is 1. The number of Topliss-reactive ketones (excluding diaryl/α,β-unsaturated/α-hetero) is 1. The molecule has 0 saturated carbocycles. The van der Waals surface area contributed by atoms with Gasteiger partial charge < -0.3 is 14.2 Å². The molecule has 1 aliphatic rings. The summed E-state index contributed by atoms with van der Waals surface area (Å²) in [6, 6.07) is 12.4. The minimum Gasteiger partial charge on any atom is -0.482 e. The summed E-state index contributed by atoms with van der Waals surface area (Å²) in [4.78, 5) is 24.0. The molecule has 1 heterocycles. The van der Waals surface area contributed by atoms with Crippen molar-refractivity contribution in [2.75, 3.05) is 6.61 Å². The van der Waals surface area contributed by atoms with Crippen molar-refractivity contribution in [2.24, 2.45) is 0 Å². The molecule has 0 amide bonds. The third-order valence-corrected chi connectivity index (χ3v) is 4.06. The van der Waals surface area contributed by atoms with Gasteiger partial charge in [0.25, 0.3) is 0 Å². The topological polar surface area (TPSA) is 61.8 Å². The number of ether oxygens (including phenoxy) is 3. The van der Waals surface area contributed by atoms with Gasteiger partial charge in [-0.1, -0.05) is 28.1 Å². The summed E-state index contributed by atoms with van der Waals surface area (Å²) in [5, 5.41) is 0. The molecule has 0 atom stereocenters. The minimum atomic E-state index is -0.451. The number of hydrogen-bond donors (Lipinski definition) is 0. The van der Waals surface area contributed by atoms with E-state index in [-0.39, 0.29) is 24.3 Å². The van der Waals surface area contributed by atoms with E-state index in [1.165, 1.54) is 0 Å². The highest BCUT2D eigenvalue weighted by Crippen LogP contribution is 2.35. The summed E-state index contributed by atoms with van der Waals surface area (Å²) >= 11 is 3.37. The van der Waals surface area contributed by atoms with Gasteiger partial charge >= 0.3 is 5.97 Å². The molecule has 2 aromatic rings. The Bertz CT molecular complexity index is 868. The van der Waals surface area contributed by atoms with Gasteiger partial charge in [-0.15, -0.1) is 0 Å². The van der Waals surface area contributed by atoms with Gasteiger partial charge in [0.15, 0.2) is 12.4 Å². The number of fused-ring (bicyclic) bond motifs is 1.